The molecule has 0 heterocycles. The number of rotatable bonds is 10. The smallest absolute Gasteiger partial charge is 0.326 e. The molecule has 0 radical (unpaired) electrons. The van der Waals surface area contributed by atoms with E-state index in [9.17, 15) is 24.3 Å². The van der Waals surface area contributed by atoms with Gasteiger partial charge in [0.05, 0.1) is 6.10 Å². The number of aliphatic hydroxyl groups excluding tert-OH is 1. The summed E-state index contributed by atoms with van der Waals surface area (Å²) in [5, 5.41) is 23.1. The lowest BCUT2D eigenvalue weighted by molar-refractivity contribution is -0.142. The van der Waals surface area contributed by atoms with Gasteiger partial charge in [-0.05, 0) is 19.3 Å². The molecule has 0 aromatic carbocycles. The third-order valence-corrected chi connectivity index (χ3v) is 3.36. The predicted molar refractivity (Wildman–Crippen MR) is 84.4 cm³/mol. The Kier molecular flexibility index (Phi) is 8.93. The third-order valence-electron chi connectivity index (χ3n) is 3.36. The fourth-order valence-corrected chi connectivity index (χ4v) is 1.81. The molecule has 0 aliphatic rings. The van der Waals surface area contributed by atoms with E-state index in [0.717, 1.165) is 0 Å². The number of nitrogens with one attached hydrogen (secondary N) is 2. The second-order valence-corrected chi connectivity index (χ2v) is 5.90. The summed E-state index contributed by atoms with van der Waals surface area (Å²) in [6.45, 7) is 4.63. The van der Waals surface area contributed by atoms with E-state index in [2.05, 4.69) is 10.6 Å². The van der Waals surface area contributed by atoms with E-state index in [0.29, 0.717) is 0 Å². The minimum atomic E-state index is -1.32. The number of primary amides is 1. The Morgan fingerprint density at radius 2 is 1.58 bits per heavy atom. The Hall–Kier alpha value is -2.20. The molecule has 138 valence electrons. The molecule has 4 atom stereocenters. The number of aliphatic carboxylic acids is 1. The highest BCUT2D eigenvalue weighted by Crippen LogP contribution is 2.05. The molecular formula is C14H26N4O6. The Morgan fingerprint density at radius 3 is 1.96 bits per heavy atom. The van der Waals surface area contributed by atoms with Crippen molar-refractivity contribution in [3.05, 3.63) is 0 Å². The molecule has 3 amide bonds. The van der Waals surface area contributed by atoms with E-state index in [1.807, 2.05) is 0 Å². The monoisotopic (exact) mass is 346 g/mol. The lowest BCUT2D eigenvalue weighted by Gasteiger charge is -2.25. The average molecular weight is 346 g/mol. The van der Waals surface area contributed by atoms with Crippen molar-refractivity contribution in [2.24, 2.45) is 17.4 Å². The van der Waals surface area contributed by atoms with Crippen LogP contribution in [-0.4, -0.2) is 58.1 Å². The van der Waals surface area contributed by atoms with Crippen LogP contribution in [0.25, 0.3) is 0 Å². The Balaban J connectivity index is 4.97. The van der Waals surface area contributed by atoms with Gasteiger partial charge < -0.3 is 32.3 Å². The normalized spacial score (nSPS) is 15.9. The highest BCUT2D eigenvalue weighted by Gasteiger charge is 2.30. The van der Waals surface area contributed by atoms with Gasteiger partial charge in [-0.1, -0.05) is 13.8 Å². The van der Waals surface area contributed by atoms with Crippen LogP contribution in [0.2, 0.25) is 0 Å². The molecule has 10 heteroatoms. The molecular weight excluding hydrogens is 320 g/mol. The Labute approximate surface area is 139 Å². The molecule has 0 rings (SSSR count). The van der Waals surface area contributed by atoms with E-state index in [1.54, 1.807) is 13.8 Å². The summed E-state index contributed by atoms with van der Waals surface area (Å²) in [7, 11) is 0. The van der Waals surface area contributed by atoms with Gasteiger partial charge in [-0.3, -0.25) is 14.4 Å². The summed E-state index contributed by atoms with van der Waals surface area (Å²) in [5.74, 6) is -3.83. The zero-order chi connectivity index (χ0) is 19.0. The summed E-state index contributed by atoms with van der Waals surface area (Å²) in [6, 6.07) is -3.57. The van der Waals surface area contributed by atoms with E-state index < -0.39 is 47.9 Å². The van der Waals surface area contributed by atoms with Gasteiger partial charge in [-0.25, -0.2) is 4.79 Å². The van der Waals surface area contributed by atoms with Crippen molar-refractivity contribution in [2.75, 3.05) is 0 Å². The van der Waals surface area contributed by atoms with Crippen molar-refractivity contribution in [2.45, 2.75) is 57.8 Å². The molecule has 0 unspecified atom stereocenters. The molecule has 0 saturated heterocycles. The molecule has 0 aliphatic carbocycles. The van der Waals surface area contributed by atoms with Gasteiger partial charge >= 0.3 is 5.97 Å². The van der Waals surface area contributed by atoms with Crippen molar-refractivity contribution < 1.29 is 29.4 Å². The van der Waals surface area contributed by atoms with Crippen LogP contribution in [0, 0.1) is 5.92 Å². The zero-order valence-corrected chi connectivity index (χ0v) is 14.0. The van der Waals surface area contributed by atoms with Crippen molar-refractivity contribution >= 4 is 23.7 Å². The Morgan fingerprint density at radius 1 is 1.04 bits per heavy atom. The van der Waals surface area contributed by atoms with Crippen LogP contribution in [0.15, 0.2) is 0 Å². The summed E-state index contributed by atoms with van der Waals surface area (Å²) >= 11 is 0. The zero-order valence-electron chi connectivity index (χ0n) is 14.0. The van der Waals surface area contributed by atoms with Gasteiger partial charge in [0.1, 0.15) is 18.1 Å². The molecule has 0 spiro atoms. The van der Waals surface area contributed by atoms with Crippen molar-refractivity contribution in [3.63, 3.8) is 0 Å². The number of carbonyl (C=O) groups is 4. The van der Waals surface area contributed by atoms with Gasteiger partial charge in [0.25, 0.3) is 0 Å². The number of hydrogen-bond donors (Lipinski definition) is 6. The van der Waals surface area contributed by atoms with Crippen LogP contribution in [0.4, 0.5) is 0 Å². The van der Waals surface area contributed by atoms with Crippen LogP contribution in [0.3, 0.4) is 0 Å². The van der Waals surface area contributed by atoms with E-state index >= 15 is 0 Å². The molecule has 10 nitrogen and oxygen atoms in total. The number of hydrogen-bond acceptors (Lipinski definition) is 6. The number of carboxylic acid groups (broad SMARTS) is 1. The minimum Gasteiger partial charge on any atom is -0.480 e. The SMILES string of the molecule is CC(C)[C@H](NC(=O)[C@@H](N)[C@@H](C)O)C(=O)N[C@@H](CCC(N)=O)C(=O)O. The first kappa shape index (κ1) is 21.8. The first-order chi connectivity index (χ1) is 11.0. The maximum Gasteiger partial charge on any atom is 0.326 e. The fraction of sp³-hybridized carbons (Fsp3) is 0.714. The van der Waals surface area contributed by atoms with E-state index in [4.69, 9.17) is 16.6 Å². The van der Waals surface area contributed by atoms with E-state index in [-0.39, 0.29) is 18.8 Å². The minimum absolute atomic E-state index is 0.164. The lowest BCUT2D eigenvalue weighted by atomic mass is 10.0. The summed E-state index contributed by atoms with van der Waals surface area (Å²) in [6.07, 6.45) is -1.48. The molecule has 0 saturated carbocycles. The summed E-state index contributed by atoms with van der Waals surface area (Å²) < 4.78 is 0. The van der Waals surface area contributed by atoms with Gasteiger partial charge in [-0.2, -0.15) is 0 Å². The molecule has 0 bridgehead atoms. The lowest BCUT2D eigenvalue weighted by Crippen LogP contribution is -2.57. The molecule has 8 N–H and O–H groups in total. The molecule has 0 aliphatic heterocycles. The number of carboxylic acids is 1. The molecule has 0 fully saturated rings. The second-order valence-electron chi connectivity index (χ2n) is 5.90. The van der Waals surface area contributed by atoms with Gasteiger partial charge in [-0.15, -0.1) is 0 Å². The van der Waals surface area contributed by atoms with Gasteiger partial charge in [0.15, 0.2) is 0 Å². The highest BCUT2D eigenvalue weighted by molar-refractivity contribution is 5.92. The second kappa shape index (κ2) is 9.83. The van der Waals surface area contributed by atoms with Crippen LogP contribution < -0.4 is 22.1 Å². The average Bonchev–Trinajstić information content (AvgIpc) is 2.46. The molecule has 0 aromatic heterocycles. The summed E-state index contributed by atoms with van der Waals surface area (Å²) in [4.78, 5) is 46.1. The van der Waals surface area contributed by atoms with Crippen LogP contribution in [-0.2, 0) is 19.2 Å². The van der Waals surface area contributed by atoms with Crippen molar-refractivity contribution in [1.82, 2.24) is 10.6 Å². The standard InChI is InChI=1S/C14H26N4O6/c1-6(2)11(18-12(21)10(16)7(3)19)13(22)17-8(14(23)24)4-5-9(15)20/h6-8,10-11,19H,4-5,16H2,1-3H3,(H2,15,20)(H,17,22)(H,18,21)(H,23,24)/t7-,8+,10+,11+/m1/s1. The quantitative estimate of drug-likeness (QED) is 0.256. The number of carbonyl (C=O) groups excluding carboxylic acids is 3. The number of amides is 3. The number of aliphatic hydroxyl groups is 1. The van der Waals surface area contributed by atoms with Crippen molar-refractivity contribution in [3.8, 4) is 0 Å². The summed E-state index contributed by atoms with van der Waals surface area (Å²) in [5.41, 5.74) is 10.5. The van der Waals surface area contributed by atoms with Crippen LogP contribution >= 0.6 is 0 Å². The first-order valence-electron chi connectivity index (χ1n) is 7.52. The van der Waals surface area contributed by atoms with Gasteiger partial charge in [0, 0.05) is 6.42 Å². The topological polar surface area (TPSA) is 185 Å². The van der Waals surface area contributed by atoms with Crippen LogP contribution in [0.5, 0.6) is 0 Å². The van der Waals surface area contributed by atoms with Crippen molar-refractivity contribution in [1.29, 1.82) is 0 Å². The maximum atomic E-state index is 12.3. The first-order valence-corrected chi connectivity index (χ1v) is 7.52. The predicted octanol–water partition coefficient (Wildman–Crippen LogP) is -2.33. The number of nitrogens with two attached hydrogens (primary N) is 2. The third kappa shape index (κ3) is 7.38. The molecule has 0 aromatic rings. The maximum absolute atomic E-state index is 12.3. The largest absolute Gasteiger partial charge is 0.480 e. The molecule has 24 heavy (non-hydrogen) atoms. The van der Waals surface area contributed by atoms with Gasteiger partial charge in [0.2, 0.25) is 17.7 Å². The highest BCUT2D eigenvalue weighted by atomic mass is 16.4. The fourth-order valence-electron chi connectivity index (χ4n) is 1.81. The Bertz CT molecular complexity index is 480. The van der Waals surface area contributed by atoms with E-state index in [1.165, 1.54) is 6.92 Å². The van der Waals surface area contributed by atoms with Crippen LogP contribution in [0.1, 0.15) is 33.6 Å².